The van der Waals surface area contributed by atoms with Crippen molar-refractivity contribution in [2.24, 2.45) is 0 Å². The minimum Gasteiger partial charge on any atom is -0.399 e. The fourth-order valence-corrected chi connectivity index (χ4v) is 4.02. The fraction of sp³-hybridized carbons (Fsp3) is 0.625. The van der Waals surface area contributed by atoms with Crippen LogP contribution in [0.3, 0.4) is 0 Å². The Morgan fingerprint density at radius 1 is 0.955 bits per heavy atom. The Balaban J connectivity index is 0.00000211. The molecule has 0 bridgehead atoms. The average molecular weight is 347 g/mol. The number of hydrogen-bond acceptors (Lipinski definition) is 3. The van der Waals surface area contributed by atoms with Crippen LogP contribution in [0.4, 0.5) is 5.69 Å². The van der Waals surface area contributed by atoms with Crippen molar-refractivity contribution in [2.45, 2.75) is 64.2 Å². The van der Waals surface area contributed by atoms with E-state index in [-0.39, 0.29) is 0 Å². The number of unbranched alkanes of at least 4 members (excludes halogenated alkanes) is 5. The van der Waals surface area contributed by atoms with Gasteiger partial charge >= 0.3 is 0 Å². The van der Waals surface area contributed by atoms with E-state index in [4.69, 9.17) is 5.73 Å². The van der Waals surface area contributed by atoms with Crippen molar-refractivity contribution < 1.29 is 8.42 Å². The van der Waals surface area contributed by atoms with E-state index >= 15 is 0 Å². The van der Waals surface area contributed by atoms with E-state index in [0.717, 1.165) is 12.8 Å². The maximum absolute atomic E-state index is 11.9. The number of hydrogen-bond donors (Lipinski definition) is 2. The van der Waals surface area contributed by atoms with Crippen LogP contribution in [0.25, 0.3) is 0 Å². The van der Waals surface area contributed by atoms with E-state index < -0.39 is 22.0 Å². The first kappa shape index (κ1) is 21.3. The lowest BCUT2D eigenvalue weighted by atomic mass is 10.1. The molecule has 6 heteroatoms. The molecule has 0 heterocycles. The van der Waals surface area contributed by atoms with Gasteiger partial charge in [0.15, 0.2) is 0 Å². The van der Waals surface area contributed by atoms with Crippen LogP contribution in [-0.2, 0) is 22.0 Å². The Hall–Kier alpha value is -0.720. The summed E-state index contributed by atoms with van der Waals surface area (Å²) in [6.07, 6.45) is 6.92. The van der Waals surface area contributed by atoms with Crippen LogP contribution in [0.2, 0.25) is 0 Å². The predicted octanol–water partition coefficient (Wildman–Crippen LogP) is 3.93. The molecule has 2 atom stereocenters. The summed E-state index contributed by atoms with van der Waals surface area (Å²) >= 11 is 0. The Morgan fingerprint density at radius 3 is 2.09 bits per heavy atom. The molecule has 1 rings (SSSR count). The monoisotopic (exact) mass is 346 g/mol. The van der Waals surface area contributed by atoms with Gasteiger partial charge in [0, 0.05) is 11.4 Å². The summed E-state index contributed by atoms with van der Waals surface area (Å²) < 4.78 is 26.3. The molecule has 0 radical (unpaired) electrons. The number of nitrogen functional groups attached to an aromatic ring is 1. The van der Waals surface area contributed by atoms with E-state index in [1.165, 1.54) is 25.7 Å². The van der Waals surface area contributed by atoms with Crippen molar-refractivity contribution in [1.82, 2.24) is 4.13 Å². The number of benzene rings is 1. The van der Waals surface area contributed by atoms with Gasteiger partial charge in [0.25, 0.3) is 0 Å². The molecule has 4 nitrogen and oxygen atoms in total. The second kappa shape index (κ2) is 13.9. The van der Waals surface area contributed by atoms with Crippen LogP contribution in [-0.4, -0.2) is 14.2 Å². The number of anilines is 1. The molecule has 0 spiro atoms. The minimum absolute atomic E-state index is 0.548. The molecule has 22 heavy (non-hydrogen) atoms. The summed E-state index contributed by atoms with van der Waals surface area (Å²) in [4.78, 5) is 0.593. The van der Waals surface area contributed by atoms with Gasteiger partial charge in [-0.15, -0.1) is 0 Å². The quantitative estimate of drug-likeness (QED) is 0.498. The van der Waals surface area contributed by atoms with Crippen LogP contribution in [0.1, 0.15) is 59.3 Å². The van der Waals surface area contributed by atoms with E-state index in [0.29, 0.717) is 16.3 Å². The highest BCUT2D eigenvalue weighted by atomic mass is 32.3. The Labute approximate surface area is 140 Å². The molecule has 0 amide bonds. The molecule has 128 valence electrons. The molecule has 0 fully saturated rings. The zero-order valence-corrected chi connectivity index (χ0v) is 15.6. The predicted molar refractivity (Wildman–Crippen MR) is 98.1 cm³/mol. The summed E-state index contributed by atoms with van der Waals surface area (Å²) in [5, 5.41) is 0. The highest BCUT2D eigenvalue weighted by molar-refractivity contribution is 7.98. The second-order valence-electron chi connectivity index (χ2n) is 4.74. The largest absolute Gasteiger partial charge is 0.399 e. The lowest BCUT2D eigenvalue weighted by molar-refractivity contribution is 0.621. The van der Waals surface area contributed by atoms with Crippen LogP contribution in [0, 0.1) is 0 Å². The van der Waals surface area contributed by atoms with E-state index in [1.807, 2.05) is 13.8 Å². The lowest BCUT2D eigenvalue weighted by Crippen LogP contribution is -2.22. The summed E-state index contributed by atoms with van der Waals surface area (Å²) in [5.74, 6) is 0.548. The third-order valence-electron chi connectivity index (χ3n) is 2.95. The molecule has 2 unspecified atom stereocenters. The number of nitrogens with two attached hydrogens (primary N) is 1. The fourth-order valence-electron chi connectivity index (χ4n) is 1.78. The number of rotatable bonds is 10. The maximum atomic E-state index is 11.9. The van der Waals surface area contributed by atoms with Crippen molar-refractivity contribution >= 4 is 27.7 Å². The first-order chi connectivity index (χ1) is 10.6. The molecular formula is C16H30N2O2S2. The first-order valence-electron chi connectivity index (χ1n) is 8.05. The molecular weight excluding hydrogens is 316 g/mol. The molecule has 0 aliphatic rings. The Kier molecular flexibility index (Phi) is 13.5. The van der Waals surface area contributed by atoms with Gasteiger partial charge < -0.3 is 5.73 Å². The van der Waals surface area contributed by atoms with Gasteiger partial charge in [-0.05, 0) is 30.7 Å². The third kappa shape index (κ3) is 10.1. The van der Waals surface area contributed by atoms with Gasteiger partial charge in [-0.1, -0.05) is 52.9 Å². The SMILES string of the molecule is CC.CCCCCCCCS(=O)NS(=O)c1ccc(N)cc1. The summed E-state index contributed by atoms with van der Waals surface area (Å²) in [6, 6.07) is 6.73. The van der Waals surface area contributed by atoms with E-state index in [2.05, 4.69) is 11.1 Å². The van der Waals surface area contributed by atoms with Gasteiger partial charge in [-0.25, -0.2) is 8.42 Å². The van der Waals surface area contributed by atoms with Crippen molar-refractivity contribution in [2.75, 3.05) is 11.5 Å². The zero-order valence-electron chi connectivity index (χ0n) is 14.0. The van der Waals surface area contributed by atoms with Gasteiger partial charge in [0.05, 0.1) is 4.90 Å². The van der Waals surface area contributed by atoms with Crippen molar-refractivity contribution in [3.63, 3.8) is 0 Å². The Morgan fingerprint density at radius 2 is 1.50 bits per heavy atom. The molecule has 0 aliphatic carbocycles. The van der Waals surface area contributed by atoms with Crippen LogP contribution in [0.5, 0.6) is 0 Å². The van der Waals surface area contributed by atoms with Gasteiger partial charge in [-0.2, -0.15) is 4.13 Å². The standard InChI is InChI=1S/C14H24N2O2S2.C2H6/c1-2-3-4-5-6-7-12-19(17)16-20(18)14-10-8-13(15)9-11-14;1-2/h8-11,16H,2-7,12,15H2,1H3;1-2H3. The second-order valence-corrected chi connectivity index (χ2v) is 7.51. The summed E-state index contributed by atoms with van der Waals surface area (Å²) in [7, 11) is -2.68. The maximum Gasteiger partial charge on any atom is 0.136 e. The number of nitrogens with one attached hydrogen (secondary N) is 1. The van der Waals surface area contributed by atoms with Gasteiger partial charge in [0.1, 0.15) is 22.0 Å². The highest BCUT2D eigenvalue weighted by Crippen LogP contribution is 2.09. The molecule has 0 aliphatic heterocycles. The van der Waals surface area contributed by atoms with Crippen molar-refractivity contribution in [3.8, 4) is 0 Å². The van der Waals surface area contributed by atoms with Crippen molar-refractivity contribution in [3.05, 3.63) is 24.3 Å². The first-order valence-corrected chi connectivity index (χ1v) is 10.5. The topological polar surface area (TPSA) is 72.2 Å². The van der Waals surface area contributed by atoms with Gasteiger partial charge in [-0.3, -0.25) is 0 Å². The van der Waals surface area contributed by atoms with E-state index in [9.17, 15) is 8.42 Å². The summed E-state index contributed by atoms with van der Waals surface area (Å²) in [5.41, 5.74) is 6.19. The highest BCUT2D eigenvalue weighted by Gasteiger charge is 2.07. The van der Waals surface area contributed by atoms with Gasteiger partial charge in [0.2, 0.25) is 0 Å². The smallest absolute Gasteiger partial charge is 0.136 e. The summed E-state index contributed by atoms with van der Waals surface area (Å²) in [6.45, 7) is 6.19. The molecule has 0 saturated carbocycles. The molecule has 0 aromatic heterocycles. The normalized spacial score (nSPS) is 13.0. The molecule has 1 aromatic carbocycles. The molecule has 1 aromatic rings. The third-order valence-corrected chi connectivity index (χ3v) is 5.65. The lowest BCUT2D eigenvalue weighted by Gasteiger charge is -2.05. The van der Waals surface area contributed by atoms with Crippen LogP contribution >= 0.6 is 0 Å². The zero-order chi connectivity index (χ0) is 16.8. The molecule has 0 saturated heterocycles. The van der Waals surface area contributed by atoms with Crippen LogP contribution in [0.15, 0.2) is 29.2 Å². The average Bonchev–Trinajstić information content (AvgIpc) is 2.53. The van der Waals surface area contributed by atoms with E-state index in [1.54, 1.807) is 24.3 Å². The van der Waals surface area contributed by atoms with Crippen LogP contribution < -0.4 is 9.86 Å². The van der Waals surface area contributed by atoms with Crippen molar-refractivity contribution in [1.29, 1.82) is 0 Å². The molecule has 3 N–H and O–H groups in total. The Bertz CT molecular complexity index is 436. The minimum atomic E-state index is -1.44.